The molecular weight excluding hydrogens is 381 g/mol. The van der Waals surface area contributed by atoms with E-state index in [1.165, 1.54) is 6.07 Å². The molecule has 3 N–H and O–H groups in total. The van der Waals surface area contributed by atoms with Crippen LogP contribution in [0.3, 0.4) is 0 Å². The number of rotatable bonds is 6. The molecule has 30 heavy (non-hydrogen) atoms. The SMILES string of the molecule is CC1=CN(c2cc(CC(C)C)cc(F)c2/C(N=N)=N/N)CCN1Cc1ccccn1. The number of hydrazone groups is 1. The first kappa shape index (κ1) is 21.4. The average molecular weight is 410 g/mol. The largest absolute Gasteiger partial charge is 0.366 e. The molecule has 7 nitrogen and oxygen atoms in total. The molecule has 1 aromatic carbocycles. The molecule has 0 unspecified atom stereocenters. The molecule has 2 aromatic rings. The number of amidine groups is 1. The molecule has 0 atom stereocenters. The van der Waals surface area contributed by atoms with E-state index in [2.05, 4.69) is 33.9 Å². The van der Waals surface area contributed by atoms with Crippen molar-refractivity contribution in [1.82, 2.24) is 9.88 Å². The van der Waals surface area contributed by atoms with Gasteiger partial charge in [0.15, 0.2) is 0 Å². The van der Waals surface area contributed by atoms with Crippen LogP contribution < -0.4 is 10.7 Å². The van der Waals surface area contributed by atoms with Crippen molar-refractivity contribution in [2.75, 3.05) is 18.0 Å². The topological polar surface area (TPSA) is 94.0 Å². The molecule has 0 fully saturated rings. The number of halogens is 1. The third kappa shape index (κ3) is 4.82. The van der Waals surface area contributed by atoms with Gasteiger partial charge in [-0.25, -0.2) is 9.92 Å². The second-order valence-electron chi connectivity index (χ2n) is 7.84. The number of nitrogens with one attached hydrogen (secondary N) is 1. The monoisotopic (exact) mass is 409 g/mol. The third-order valence-corrected chi connectivity index (χ3v) is 5.07. The molecular formula is C22H28FN7. The first-order chi connectivity index (χ1) is 14.4. The van der Waals surface area contributed by atoms with Gasteiger partial charge in [-0.2, -0.15) is 5.10 Å². The van der Waals surface area contributed by atoms with E-state index in [1.54, 1.807) is 6.20 Å². The highest BCUT2D eigenvalue weighted by atomic mass is 19.1. The van der Waals surface area contributed by atoms with Crippen LogP contribution >= 0.6 is 0 Å². The van der Waals surface area contributed by atoms with Crippen LogP contribution in [-0.4, -0.2) is 28.8 Å². The lowest BCUT2D eigenvalue weighted by molar-refractivity contribution is 0.327. The summed E-state index contributed by atoms with van der Waals surface area (Å²) in [4.78, 5) is 8.62. The smallest absolute Gasteiger partial charge is 0.204 e. The van der Waals surface area contributed by atoms with Gasteiger partial charge in [0.05, 0.1) is 23.5 Å². The van der Waals surface area contributed by atoms with E-state index in [0.29, 0.717) is 24.7 Å². The van der Waals surface area contributed by atoms with Gasteiger partial charge in [0, 0.05) is 31.2 Å². The maximum Gasteiger partial charge on any atom is 0.204 e. The van der Waals surface area contributed by atoms with Crippen LogP contribution in [0.1, 0.15) is 37.6 Å². The number of nitrogens with zero attached hydrogens (tertiary/aromatic N) is 5. The van der Waals surface area contributed by atoms with Crippen LogP contribution in [0.25, 0.3) is 0 Å². The Bertz CT molecular complexity index is 953. The maximum atomic E-state index is 15.1. The summed E-state index contributed by atoms with van der Waals surface area (Å²) in [6.07, 6.45) is 4.53. The highest BCUT2D eigenvalue weighted by molar-refractivity contribution is 6.04. The van der Waals surface area contributed by atoms with Crippen molar-refractivity contribution in [1.29, 1.82) is 5.53 Å². The van der Waals surface area contributed by atoms with E-state index in [4.69, 9.17) is 11.4 Å². The first-order valence-electron chi connectivity index (χ1n) is 10.0. The van der Waals surface area contributed by atoms with Crippen molar-refractivity contribution < 1.29 is 4.39 Å². The van der Waals surface area contributed by atoms with Gasteiger partial charge < -0.3 is 15.6 Å². The predicted molar refractivity (Wildman–Crippen MR) is 117 cm³/mol. The second kappa shape index (κ2) is 9.47. The van der Waals surface area contributed by atoms with Gasteiger partial charge in [0.2, 0.25) is 5.84 Å². The Morgan fingerprint density at radius 1 is 1.30 bits per heavy atom. The zero-order chi connectivity index (χ0) is 21.7. The fourth-order valence-corrected chi connectivity index (χ4v) is 3.69. The summed E-state index contributed by atoms with van der Waals surface area (Å²) in [5.74, 6) is 5.19. The van der Waals surface area contributed by atoms with Gasteiger partial charge in [-0.05, 0) is 49.1 Å². The van der Waals surface area contributed by atoms with Crippen LogP contribution in [0.15, 0.2) is 58.6 Å². The van der Waals surface area contributed by atoms with Crippen molar-refractivity contribution in [3.63, 3.8) is 0 Å². The molecule has 1 aliphatic heterocycles. The Labute approximate surface area is 176 Å². The molecule has 0 radical (unpaired) electrons. The lowest BCUT2D eigenvalue weighted by Crippen LogP contribution is -2.38. The number of nitrogens with two attached hydrogens (primary N) is 1. The Morgan fingerprint density at radius 2 is 2.10 bits per heavy atom. The van der Waals surface area contributed by atoms with Crippen LogP contribution in [-0.2, 0) is 13.0 Å². The Kier molecular flexibility index (Phi) is 6.76. The average Bonchev–Trinajstić information content (AvgIpc) is 2.72. The number of aromatic nitrogens is 1. The van der Waals surface area contributed by atoms with E-state index in [0.717, 1.165) is 29.9 Å². The number of hydrogen-bond acceptors (Lipinski definition) is 6. The predicted octanol–water partition coefficient (Wildman–Crippen LogP) is 4.25. The lowest BCUT2D eigenvalue weighted by atomic mass is 9.98. The summed E-state index contributed by atoms with van der Waals surface area (Å²) < 4.78 is 15.1. The van der Waals surface area contributed by atoms with Gasteiger partial charge in [0.25, 0.3) is 0 Å². The number of hydrogen-bond donors (Lipinski definition) is 2. The molecule has 158 valence electrons. The fraction of sp³-hybridized carbons (Fsp3) is 0.364. The minimum absolute atomic E-state index is 0.124. The van der Waals surface area contributed by atoms with Crippen molar-refractivity contribution in [2.24, 2.45) is 22.0 Å². The minimum atomic E-state index is -0.467. The lowest BCUT2D eigenvalue weighted by Gasteiger charge is -2.36. The molecule has 1 aromatic heterocycles. The molecule has 0 amide bonds. The van der Waals surface area contributed by atoms with Gasteiger partial charge in [0.1, 0.15) is 5.82 Å². The molecule has 0 saturated heterocycles. The highest BCUT2D eigenvalue weighted by Crippen LogP contribution is 2.30. The zero-order valence-electron chi connectivity index (χ0n) is 17.6. The molecule has 0 saturated carbocycles. The Balaban J connectivity index is 1.97. The standard InChI is InChI=1S/C22H28FN7/c1-15(2)10-17-11-19(23)21(22(27-24)28-25)20(12-17)30-9-8-29(16(3)13-30)14-18-6-4-5-7-26-18/h4-7,11-13,15,24H,8-10,14,25H2,1-3H3/b27-24?,28-22-. The maximum absolute atomic E-state index is 15.1. The summed E-state index contributed by atoms with van der Waals surface area (Å²) in [5.41, 5.74) is 11.1. The molecule has 0 aliphatic carbocycles. The summed E-state index contributed by atoms with van der Waals surface area (Å²) in [6, 6.07) is 9.32. The van der Waals surface area contributed by atoms with Crippen LogP contribution in [0.5, 0.6) is 0 Å². The molecule has 3 rings (SSSR count). The van der Waals surface area contributed by atoms with E-state index in [9.17, 15) is 0 Å². The minimum Gasteiger partial charge on any atom is -0.366 e. The number of allylic oxidation sites excluding steroid dienone is 1. The van der Waals surface area contributed by atoms with Crippen LogP contribution in [0.2, 0.25) is 0 Å². The summed E-state index contributed by atoms with van der Waals surface area (Å²) >= 11 is 0. The van der Waals surface area contributed by atoms with Crippen molar-refractivity contribution >= 4 is 11.5 Å². The van der Waals surface area contributed by atoms with Crippen molar-refractivity contribution in [3.8, 4) is 0 Å². The van der Waals surface area contributed by atoms with E-state index >= 15 is 4.39 Å². The number of pyridine rings is 1. The van der Waals surface area contributed by atoms with Crippen LogP contribution in [0.4, 0.5) is 10.1 Å². The highest BCUT2D eigenvalue weighted by Gasteiger charge is 2.24. The molecule has 0 bridgehead atoms. The molecule has 8 heteroatoms. The Morgan fingerprint density at radius 3 is 2.70 bits per heavy atom. The van der Waals surface area contributed by atoms with E-state index < -0.39 is 5.82 Å². The summed E-state index contributed by atoms with van der Waals surface area (Å²) in [6.45, 7) is 8.33. The molecule has 0 spiro atoms. The van der Waals surface area contributed by atoms with Crippen molar-refractivity contribution in [2.45, 2.75) is 33.7 Å². The quantitative estimate of drug-likeness (QED) is 0.245. The fourth-order valence-electron chi connectivity index (χ4n) is 3.69. The van der Waals surface area contributed by atoms with Gasteiger partial charge in [-0.3, -0.25) is 4.98 Å². The zero-order valence-corrected chi connectivity index (χ0v) is 17.6. The van der Waals surface area contributed by atoms with Crippen LogP contribution in [0, 0.1) is 17.3 Å². The summed E-state index contributed by atoms with van der Waals surface area (Å²) in [5, 5.41) is 6.87. The normalized spacial score (nSPS) is 14.8. The van der Waals surface area contributed by atoms with Gasteiger partial charge in [-0.1, -0.05) is 19.9 Å². The number of anilines is 1. The first-order valence-corrected chi connectivity index (χ1v) is 10.0. The van der Waals surface area contributed by atoms with E-state index in [1.807, 2.05) is 42.3 Å². The third-order valence-electron chi connectivity index (χ3n) is 5.07. The summed E-state index contributed by atoms with van der Waals surface area (Å²) in [7, 11) is 0. The van der Waals surface area contributed by atoms with Crippen molar-refractivity contribution in [3.05, 3.63) is 71.1 Å². The van der Waals surface area contributed by atoms with Gasteiger partial charge in [-0.15, -0.1) is 5.11 Å². The molecule has 1 aliphatic rings. The number of benzene rings is 1. The molecule has 2 heterocycles. The second-order valence-corrected chi connectivity index (χ2v) is 7.84. The van der Waals surface area contributed by atoms with E-state index in [-0.39, 0.29) is 11.4 Å². The Hall–Kier alpha value is -3.29. The van der Waals surface area contributed by atoms with Gasteiger partial charge >= 0.3 is 0 Å².